The molecule has 0 unspecified atom stereocenters. The number of benzene rings is 1. The molecule has 0 fully saturated rings. The van der Waals surface area contributed by atoms with Gasteiger partial charge in [-0.3, -0.25) is 15.0 Å². The smallest absolute Gasteiger partial charge is 0.269 e. The topological polar surface area (TPSA) is 81.6 Å². The van der Waals surface area contributed by atoms with Crippen LogP contribution in [0.2, 0.25) is 0 Å². The van der Waals surface area contributed by atoms with Gasteiger partial charge in [0.15, 0.2) is 0 Å². The number of anilines is 1. The SMILES string of the molecule is CCOCCN(C)Cc1cc([N+](=O)[O-])ccc1N. The summed E-state index contributed by atoms with van der Waals surface area (Å²) in [6, 6.07) is 4.51. The molecule has 100 valence electrons. The fourth-order valence-electron chi connectivity index (χ4n) is 1.58. The molecule has 0 radical (unpaired) electrons. The maximum Gasteiger partial charge on any atom is 0.269 e. The average Bonchev–Trinajstić information content (AvgIpc) is 2.32. The molecule has 6 nitrogen and oxygen atoms in total. The molecule has 6 heteroatoms. The van der Waals surface area contributed by atoms with E-state index in [1.807, 2.05) is 18.9 Å². The Hall–Kier alpha value is -1.66. The summed E-state index contributed by atoms with van der Waals surface area (Å²) in [5, 5.41) is 10.7. The van der Waals surface area contributed by atoms with E-state index in [-0.39, 0.29) is 5.69 Å². The number of likely N-dealkylation sites (N-methyl/N-ethyl adjacent to an activating group) is 1. The Bertz CT molecular complexity index is 410. The quantitative estimate of drug-likeness (QED) is 0.346. The molecule has 1 aromatic carbocycles. The van der Waals surface area contributed by atoms with Gasteiger partial charge < -0.3 is 10.5 Å². The van der Waals surface area contributed by atoms with Gasteiger partial charge in [-0.05, 0) is 25.6 Å². The third-order valence-corrected chi connectivity index (χ3v) is 2.60. The van der Waals surface area contributed by atoms with Crippen LogP contribution < -0.4 is 5.73 Å². The Morgan fingerprint density at radius 1 is 1.50 bits per heavy atom. The van der Waals surface area contributed by atoms with Crippen LogP contribution in [0.15, 0.2) is 18.2 Å². The van der Waals surface area contributed by atoms with E-state index in [1.54, 1.807) is 6.07 Å². The minimum atomic E-state index is -0.414. The number of nitrogens with two attached hydrogens (primary N) is 1. The lowest BCUT2D eigenvalue weighted by atomic mass is 10.1. The molecule has 0 atom stereocenters. The standard InChI is InChI=1S/C12H19N3O3/c1-3-18-7-6-14(2)9-10-8-11(15(16)17)4-5-12(10)13/h4-5,8H,3,6-7,9,13H2,1-2H3. The lowest BCUT2D eigenvalue weighted by Crippen LogP contribution is -2.23. The first-order chi connectivity index (χ1) is 8.54. The van der Waals surface area contributed by atoms with Crippen LogP contribution in [0.4, 0.5) is 11.4 Å². The highest BCUT2D eigenvalue weighted by Crippen LogP contribution is 2.20. The first-order valence-electron chi connectivity index (χ1n) is 5.83. The van der Waals surface area contributed by atoms with Crippen LogP contribution in [-0.4, -0.2) is 36.6 Å². The first-order valence-corrected chi connectivity index (χ1v) is 5.83. The number of nitro groups is 1. The van der Waals surface area contributed by atoms with E-state index in [0.29, 0.717) is 25.4 Å². The van der Waals surface area contributed by atoms with Crippen molar-refractivity contribution in [1.29, 1.82) is 0 Å². The van der Waals surface area contributed by atoms with Crippen LogP contribution in [-0.2, 0) is 11.3 Å². The zero-order valence-electron chi connectivity index (χ0n) is 10.8. The van der Waals surface area contributed by atoms with Crippen LogP contribution in [0.1, 0.15) is 12.5 Å². The molecule has 0 bridgehead atoms. The van der Waals surface area contributed by atoms with Gasteiger partial charge in [0.05, 0.1) is 11.5 Å². The number of non-ortho nitro benzene ring substituents is 1. The fraction of sp³-hybridized carbons (Fsp3) is 0.500. The molecule has 0 saturated carbocycles. The number of hydrogen-bond donors (Lipinski definition) is 1. The summed E-state index contributed by atoms with van der Waals surface area (Å²) in [5.41, 5.74) is 7.22. The number of hydrogen-bond acceptors (Lipinski definition) is 5. The number of nitrogens with zero attached hydrogens (tertiary/aromatic N) is 2. The molecule has 1 rings (SSSR count). The van der Waals surface area contributed by atoms with Crippen molar-refractivity contribution < 1.29 is 9.66 Å². The van der Waals surface area contributed by atoms with Gasteiger partial charge in [-0.15, -0.1) is 0 Å². The van der Waals surface area contributed by atoms with Crippen molar-refractivity contribution in [1.82, 2.24) is 4.90 Å². The Balaban J connectivity index is 2.65. The van der Waals surface area contributed by atoms with Crippen molar-refractivity contribution in [3.05, 3.63) is 33.9 Å². The minimum Gasteiger partial charge on any atom is -0.398 e. The van der Waals surface area contributed by atoms with E-state index in [1.165, 1.54) is 12.1 Å². The van der Waals surface area contributed by atoms with Crippen molar-refractivity contribution >= 4 is 11.4 Å². The van der Waals surface area contributed by atoms with E-state index in [2.05, 4.69) is 0 Å². The molecule has 0 aliphatic heterocycles. The van der Waals surface area contributed by atoms with Gasteiger partial charge >= 0.3 is 0 Å². The molecule has 18 heavy (non-hydrogen) atoms. The van der Waals surface area contributed by atoms with E-state index in [9.17, 15) is 10.1 Å². The maximum absolute atomic E-state index is 10.7. The van der Waals surface area contributed by atoms with Gasteiger partial charge in [0.2, 0.25) is 0 Å². The molecule has 0 aliphatic carbocycles. The highest BCUT2D eigenvalue weighted by atomic mass is 16.6. The number of nitrogen functional groups attached to an aromatic ring is 1. The van der Waals surface area contributed by atoms with Crippen molar-refractivity contribution in [2.24, 2.45) is 0 Å². The Morgan fingerprint density at radius 2 is 2.22 bits per heavy atom. The molecule has 0 amide bonds. The average molecular weight is 253 g/mol. The summed E-state index contributed by atoms with van der Waals surface area (Å²) >= 11 is 0. The number of nitro benzene ring substituents is 1. The van der Waals surface area contributed by atoms with Crippen LogP contribution in [0, 0.1) is 10.1 Å². The van der Waals surface area contributed by atoms with E-state index >= 15 is 0 Å². The van der Waals surface area contributed by atoms with Gasteiger partial charge in [-0.2, -0.15) is 0 Å². The van der Waals surface area contributed by atoms with Crippen molar-refractivity contribution in [3.8, 4) is 0 Å². The van der Waals surface area contributed by atoms with E-state index in [0.717, 1.165) is 12.1 Å². The monoisotopic (exact) mass is 253 g/mol. The van der Waals surface area contributed by atoms with Gasteiger partial charge in [0, 0.05) is 37.5 Å². The summed E-state index contributed by atoms with van der Waals surface area (Å²) in [4.78, 5) is 12.3. The molecule has 0 saturated heterocycles. The zero-order valence-corrected chi connectivity index (χ0v) is 10.8. The lowest BCUT2D eigenvalue weighted by molar-refractivity contribution is -0.384. The van der Waals surface area contributed by atoms with Crippen molar-refractivity contribution in [3.63, 3.8) is 0 Å². The first kappa shape index (κ1) is 14.4. The van der Waals surface area contributed by atoms with E-state index < -0.39 is 4.92 Å². The predicted octanol–water partition coefficient (Wildman–Crippen LogP) is 1.65. The molecule has 0 heterocycles. The molecule has 2 N–H and O–H groups in total. The zero-order chi connectivity index (χ0) is 13.5. The normalized spacial score (nSPS) is 10.8. The number of ether oxygens (including phenoxy) is 1. The molecule has 1 aromatic rings. The van der Waals surface area contributed by atoms with Gasteiger partial charge in [-0.1, -0.05) is 0 Å². The molecule has 0 aliphatic rings. The second-order valence-corrected chi connectivity index (χ2v) is 4.07. The summed E-state index contributed by atoms with van der Waals surface area (Å²) in [7, 11) is 1.93. The lowest BCUT2D eigenvalue weighted by Gasteiger charge is -2.17. The Kier molecular flexibility index (Phi) is 5.54. The van der Waals surface area contributed by atoms with Crippen LogP contribution in [0.25, 0.3) is 0 Å². The molecular weight excluding hydrogens is 234 g/mol. The van der Waals surface area contributed by atoms with Crippen molar-refractivity contribution in [2.75, 3.05) is 32.5 Å². The molecule has 0 spiro atoms. The second kappa shape index (κ2) is 6.93. The Labute approximate surface area is 106 Å². The third-order valence-electron chi connectivity index (χ3n) is 2.60. The highest BCUT2D eigenvalue weighted by Gasteiger charge is 2.10. The minimum absolute atomic E-state index is 0.0670. The number of rotatable bonds is 7. The third kappa shape index (κ3) is 4.31. The van der Waals surface area contributed by atoms with Crippen LogP contribution >= 0.6 is 0 Å². The molecule has 0 aromatic heterocycles. The summed E-state index contributed by atoms with van der Waals surface area (Å²) in [6.07, 6.45) is 0. The van der Waals surface area contributed by atoms with Gasteiger partial charge in [0.1, 0.15) is 0 Å². The Morgan fingerprint density at radius 3 is 2.83 bits per heavy atom. The van der Waals surface area contributed by atoms with Gasteiger partial charge in [-0.25, -0.2) is 0 Å². The fourth-order valence-corrected chi connectivity index (χ4v) is 1.58. The van der Waals surface area contributed by atoms with Gasteiger partial charge in [0.25, 0.3) is 5.69 Å². The maximum atomic E-state index is 10.7. The summed E-state index contributed by atoms with van der Waals surface area (Å²) < 4.78 is 5.25. The largest absolute Gasteiger partial charge is 0.398 e. The highest BCUT2D eigenvalue weighted by molar-refractivity contribution is 5.52. The second-order valence-electron chi connectivity index (χ2n) is 4.07. The predicted molar refractivity (Wildman–Crippen MR) is 70.3 cm³/mol. The van der Waals surface area contributed by atoms with Crippen molar-refractivity contribution in [2.45, 2.75) is 13.5 Å². The molecular formula is C12H19N3O3. The summed E-state index contributed by atoms with van der Waals surface area (Å²) in [5.74, 6) is 0. The van der Waals surface area contributed by atoms with E-state index in [4.69, 9.17) is 10.5 Å². The van der Waals surface area contributed by atoms with Crippen LogP contribution in [0.3, 0.4) is 0 Å². The van der Waals surface area contributed by atoms with Crippen LogP contribution in [0.5, 0.6) is 0 Å². The summed E-state index contributed by atoms with van der Waals surface area (Å²) in [6.45, 7) is 4.60.